The van der Waals surface area contributed by atoms with Crippen LogP contribution in [0, 0.1) is 18.8 Å². The van der Waals surface area contributed by atoms with Crippen molar-refractivity contribution in [3.8, 4) is 0 Å². The number of hydrogen-bond acceptors (Lipinski definition) is 4. The Morgan fingerprint density at radius 1 is 1.36 bits per heavy atom. The highest BCUT2D eigenvalue weighted by Crippen LogP contribution is 2.29. The van der Waals surface area contributed by atoms with Crippen molar-refractivity contribution in [2.45, 2.75) is 65.5 Å². The van der Waals surface area contributed by atoms with Crippen LogP contribution in [-0.4, -0.2) is 31.1 Å². The number of imidazole rings is 1. The van der Waals surface area contributed by atoms with E-state index in [1.807, 2.05) is 6.92 Å². The molecular weight excluding hydrogens is 318 g/mol. The molecule has 0 spiro atoms. The fraction of sp³-hybridized carbons (Fsp3) is 0.667. The highest BCUT2D eigenvalue weighted by atomic mass is 16.1. The molecule has 2 heterocycles. The zero-order valence-corrected chi connectivity index (χ0v) is 15.2. The van der Waals surface area contributed by atoms with Crippen LogP contribution in [0.1, 0.15) is 51.8 Å². The average Bonchev–Trinajstić information content (AvgIpc) is 3.07. The molecular formula is C18H27N5O2. The van der Waals surface area contributed by atoms with Crippen LogP contribution in [0.2, 0.25) is 0 Å². The molecule has 0 radical (unpaired) electrons. The summed E-state index contributed by atoms with van der Waals surface area (Å²) in [7, 11) is 0. The van der Waals surface area contributed by atoms with E-state index in [0.29, 0.717) is 42.7 Å². The molecule has 136 valence electrons. The van der Waals surface area contributed by atoms with Crippen molar-refractivity contribution in [3.63, 3.8) is 0 Å². The summed E-state index contributed by atoms with van der Waals surface area (Å²) in [4.78, 5) is 28.7. The predicted molar refractivity (Wildman–Crippen MR) is 95.3 cm³/mol. The summed E-state index contributed by atoms with van der Waals surface area (Å²) in [6, 6.07) is 0.278. The van der Waals surface area contributed by atoms with Crippen LogP contribution in [0.25, 0.3) is 5.65 Å². The number of carbonyl (C=O) groups is 1. The summed E-state index contributed by atoms with van der Waals surface area (Å²) in [5.41, 5.74) is 0.160. The quantitative estimate of drug-likeness (QED) is 0.898. The van der Waals surface area contributed by atoms with E-state index >= 15 is 0 Å². The molecule has 0 bridgehead atoms. The third-order valence-corrected chi connectivity index (χ3v) is 5.51. The maximum Gasteiger partial charge on any atom is 0.310 e. The van der Waals surface area contributed by atoms with Gasteiger partial charge in [0.25, 0.3) is 0 Å². The Morgan fingerprint density at radius 3 is 2.96 bits per heavy atom. The summed E-state index contributed by atoms with van der Waals surface area (Å²) < 4.78 is 3.09. The average molecular weight is 345 g/mol. The molecule has 1 fully saturated rings. The van der Waals surface area contributed by atoms with E-state index < -0.39 is 0 Å². The molecule has 3 rings (SSSR count). The van der Waals surface area contributed by atoms with Gasteiger partial charge >= 0.3 is 5.56 Å². The summed E-state index contributed by atoms with van der Waals surface area (Å²) in [5, 5.41) is 7.48. The van der Waals surface area contributed by atoms with Crippen molar-refractivity contribution in [2.75, 3.05) is 0 Å². The van der Waals surface area contributed by atoms with Gasteiger partial charge in [-0.2, -0.15) is 5.10 Å². The van der Waals surface area contributed by atoms with Crippen LogP contribution in [0.3, 0.4) is 0 Å². The van der Waals surface area contributed by atoms with Crippen LogP contribution < -0.4 is 10.9 Å². The van der Waals surface area contributed by atoms with E-state index in [1.54, 1.807) is 16.8 Å². The molecule has 1 N–H and O–H groups in total. The second-order valence-corrected chi connectivity index (χ2v) is 7.24. The van der Waals surface area contributed by atoms with Gasteiger partial charge in [0.15, 0.2) is 0 Å². The number of rotatable bonds is 5. The highest BCUT2D eigenvalue weighted by Gasteiger charge is 2.27. The molecule has 2 aromatic heterocycles. The second-order valence-electron chi connectivity index (χ2n) is 7.24. The molecule has 0 aliphatic heterocycles. The van der Waals surface area contributed by atoms with Crippen LogP contribution in [0.4, 0.5) is 0 Å². The SMILES string of the molecule is Cc1nn(CCCC(=O)N[C@@H]2CCC[C@H](C)[C@@H]2C)c(=O)c2nccn12. The Bertz CT molecular complexity index is 809. The van der Waals surface area contributed by atoms with E-state index in [2.05, 4.69) is 29.2 Å². The van der Waals surface area contributed by atoms with Crippen molar-refractivity contribution in [1.29, 1.82) is 0 Å². The van der Waals surface area contributed by atoms with Crippen molar-refractivity contribution in [2.24, 2.45) is 11.8 Å². The van der Waals surface area contributed by atoms with E-state index in [1.165, 1.54) is 17.5 Å². The lowest BCUT2D eigenvalue weighted by Crippen LogP contribution is -2.43. The molecule has 2 aromatic rings. The molecule has 1 amide bonds. The van der Waals surface area contributed by atoms with Gasteiger partial charge in [-0.25, -0.2) is 9.67 Å². The molecule has 0 saturated heterocycles. The largest absolute Gasteiger partial charge is 0.353 e. The lowest BCUT2D eigenvalue weighted by Gasteiger charge is -2.34. The minimum Gasteiger partial charge on any atom is -0.353 e. The molecule has 1 aliphatic rings. The van der Waals surface area contributed by atoms with Crippen molar-refractivity contribution in [1.82, 2.24) is 24.5 Å². The molecule has 7 heteroatoms. The zero-order chi connectivity index (χ0) is 18.0. The molecule has 0 unspecified atom stereocenters. The van der Waals surface area contributed by atoms with Crippen LogP contribution in [0.5, 0.6) is 0 Å². The lowest BCUT2D eigenvalue weighted by molar-refractivity contribution is -0.122. The maximum atomic E-state index is 12.3. The van der Waals surface area contributed by atoms with Gasteiger partial charge in [0.05, 0.1) is 0 Å². The molecule has 1 saturated carbocycles. The van der Waals surface area contributed by atoms with Crippen molar-refractivity contribution < 1.29 is 4.79 Å². The fourth-order valence-electron chi connectivity index (χ4n) is 3.71. The van der Waals surface area contributed by atoms with Crippen LogP contribution >= 0.6 is 0 Å². The number of fused-ring (bicyclic) bond motifs is 1. The Morgan fingerprint density at radius 2 is 2.16 bits per heavy atom. The van der Waals surface area contributed by atoms with E-state index in [0.717, 1.165) is 6.42 Å². The van der Waals surface area contributed by atoms with Gasteiger partial charge in [0.2, 0.25) is 11.6 Å². The Hall–Kier alpha value is -2.18. The minimum absolute atomic E-state index is 0.0672. The lowest BCUT2D eigenvalue weighted by atomic mass is 9.78. The van der Waals surface area contributed by atoms with Gasteiger partial charge in [0.1, 0.15) is 5.82 Å². The third kappa shape index (κ3) is 3.75. The first kappa shape index (κ1) is 17.6. The molecule has 1 aliphatic carbocycles. The van der Waals surface area contributed by atoms with Gasteiger partial charge in [-0.1, -0.05) is 26.7 Å². The molecule has 25 heavy (non-hydrogen) atoms. The monoisotopic (exact) mass is 345 g/mol. The standard InChI is InChI=1S/C18H27N5O2/c1-12-6-4-7-15(13(12)2)20-16(24)8-5-10-23-18(25)17-19-9-11-22(17)14(3)21-23/h9,11-13,15H,4-8,10H2,1-3H3,(H,20,24)/t12-,13-,15+/m0/s1. The zero-order valence-electron chi connectivity index (χ0n) is 15.2. The van der Waals surface area contributed by atoms with Crippen LogP contribution in [-0.2, 0) is 11.3 Å². The topological polar surface area (TPSA) is 81.3 Å². The number of hydrogen-bond donors (Lipinski definition) is 1. The van der Waals surface area contributed by atoms with Gasteiger partial charge in [-0.3, -0.25) is 14.0 Å². The van der Waals surface area contributed by atoms with Crippen molar-refractivity contribution >= 4 is 11.6 Å². The van der Waals surface area contributed by atoms with E-state index in [9.17, 15) is 9.59 Å². The first-order valence-electron chi connectivity index (χ1n) is 9.17. The van der Waals surface area contributed by atoms with Gasteiger partial charge in [-0.15, -0.1) is 0 Å². The number of aryl methyl sites for hydroxylation is 2. The predicted octanol–water partition coefficient (Wildman–Crippen LogP) is 1.92. The normalized spacial score (nSPS) is 23.7. The van der Waals surface area contributed by atoms with E-state index in [4.69, 9.17) is 0 Å². The number of nitrogens with zero attached hydrogens (tertiary/aromatic N) is 4. The number of amides is 1. The van der Waals surface area contributed by atoms with Gasteiger partial charge in [0, 0.05) is 31.4 Å². The Kier molecular flexibility index (Phi) is 5.20. The number of aromatic nitrogens is 4. The Balaban J connectivity index is 1.55. The van der Waals surface area contributed by atoms with E-state index in [-0.39, 0.29) is 17.5 Å². The van der Waals surface area contributed by atoms with Gasteiger partial charge < -0.3 is 5.32 Å². The summed E-state index contributed by atoms with van der Waals surface area (Å²) in [6.45, 7) is 6.74. The second kappa shape index (κ2) is 7.37. The maximum absolute atomic E-state index is 12.3. The fourth-order valence-corrected chi connectivity index (χ4v) is 3.71. The summed E-state index contributed by atoms with van der Waals surface area (Å²) in [5.74, 6) is 1.96. The smallest absolute Gasteiger partial charge is 0.310 e. The van der Waals surface area contributed by atoms with Gasteiger partial charge in [-0.05, 0) is 31.6 Å². The third-order valence-electron chi connectivity index (χ3n) is 5.51. The first-order chi connectivity index (χ1) is 12.0. The number of carbonyl (C=O) groups excluding carboxylic acids is 1. The minimum atomic E-state index is -0.217. The molecule has 3 atom stereocenters. The van der Waals surface area contributed by atoms with Crippen molar-refractivity contribution in [3.05, 3.63) is 28.6 Å². The van der Waals surface area contributed by atoms with Crippen LogP contribution in [0.15, 0.2) is 17.2 Å². The molecule has 0 aromatic carbocycles. The summed E-state index contributed by atoms with van der Waals surface area (Å²) >= 11 is 0. The number of nitrogens with one attached hydrogen (secondary N) is 1. The first-order valence-corrected chi connectivity index (χ1v) is 9.17. The highest BCUT2D eigenvalue weighted by molar-refractivity contribution is 5.76. The summed E-state index contributed by atoms with van der Waals surface area (Å²) in [6.07, 6.45) is 7.81. The Labute approximate surface area is 147 Å². The molecule has 7 nitrogen and oxygen atoms in total.